The topological polar surface area (TPSA) is 72.7 Å². The number of nitro groups is 1. The monoisotopic (exact) mass is 300 g/mol. The second-order valence-electron chi connectivity index (χ2n) is 4.32. The first-order valence-corrected chi connectivity index (χ1v) is 6.57. The van der Waals surface area contributed by atoms with Gasteiger partial charge in [-0.3, -0.25) is 19.8 Å². The molecule has 0 atom stereocenters. The van der Waals surface area contributed by atoms with Crippen LogP contribution < -0.4 is 0 Å². The molecule has 0 aromatic heterocycles. The van der Waals surface area contributed by atoms with Crippen LogP contribution in [0.5, 0.6) is 0 Å². The molecule has 0 saturated carbocycles. The molecule has 0 amide bonds. The lowest BCUT2D eigenvalue weighted by Crippen LogP contribution is -2.31. The largest absolute Gasteiger partial charge is 0.468 e. The minimum Gasteiger partial charge on any atom is -0.468 e. The van der Waals surface area contributed by atoms with Crippen LogP contribution in [-0.2, 0) is 16.1 Å². The minimum absolute atomic E-state index is 0.0474. The van der Waals surface area contributed by atoms with E-state index in [-0.39, 0.29) is 18.2 Å². The van der Waals surface area contributed by atoms with Crippen LogP contribution in [0.4, 0.5) is 5.69 Å². The van der Waals surface area contributed by atoms with Gasteiger partial charge in [0.25, 0.3) is 5.69 Å². The lowest BCUT2D eigenvalue weighted by atomic mass is 10.2. The summed E-state index contributed by atoms with van der Waals surface area (Å²) in [5.74, 6) is -0.323. The molecular weight excluding hydrogens is 284 g/mol. The Kier molecular flexibility index (Phi) is 6.41. The standard InChI is InChI=1S/C13H17ClN2O4/c1-3-6-15(9-13(17)20-2)8-10-4-5-11(16(18)19)7-12(10)14/h4-5,7H,3,6,8-9H2,1-2H3. The maximum atomic E-state index is 11.3. The Morgan fingerprint density at radius 1 is 1.50 bits per heavy atom. The third-order valence-corrected chi connectivity index (χ3v) is 3.11. The number of nitro benzene ring substituents is 1. The number of ether oxygens (including phenoxy) is 1. The summed E-state index contributed by atoms with van der Waals surface area (Å²) in [6.07, 6.45) is 0.877. The van der Waals surface area contributed by atoms with Crippen molar-refractivity contribution in [2.75, 3.05) is 20.2 Å². The van der Waals surface area contributed by atoms with Gasteiger partial charge in [0.05, 0.1) is 23.6 Å². The van der Waals surface area contributed by atoms with E-state index in [2.05, 4.69) is 4.74 Å². The Morgan fingerprint density at radius 3 is 2.70 bits per heavy atom. The van der Waals surface area contributed by atoms with Crippen LogP contribution in [0.25, 0.3) is 0 Å². The summed E-state index contributed by atoms with van der Waals surface area (Å²) in [6, 6.07) is 4.34. The molecule has 110 valence electrons. The lowest BCUT2D eigenvalue weighted by molar-refractivity contribution is -0.384. The van der Waals surface area contributed by atoms with Gasteiger partial charge in [-0.05, 0) is 24.6 Å². The molecule has 6 nitrogen and oxygen atoms in total. The number of halogens is 1. The number of non-ortho nitro benzene ring substituents is 1. The lowest BCUT2D eigenvalue weighted by Gasteiger charge is -2.20. The third kappa shape index (κ3) is 4.79. The van der Waals surface area contributed by atoms with E-state index in [0.717, 1.165) is 12.0 Å². The van der Waals surface area contributed by atoms with Gasteiger partial charge in [-0.25, -0.2) is 0 Å². The molecule has 0 aliphatic carbocycles. The van der Waals surface area contributed by atoms with Gasteiger partial charge < -0.3 is 4.74 Å². The van der Waals surface area contributed by atoms with E-state index in [9.17, 15) is 14.9 Å². The molecule has 0 bridgehead atoms. The van der Waals surface area contributed by atoms with Crippen molar-refractivity contribution in [2.24, 2.45) is 0 Å². The highest BCUT2D eigenvalue weighted by atomic mass is 35.5. The summed E-state index contributed by atoms with van der Waals surface area (Å²) in [5.41, 5.74) is 0.698. The molecule has 0 spiro atoms. The molecule has 0 aliphatic heterocycles. The number of hydrogen-bond donors (Lipinski definition) is 0. The fraction of sp³-hybridized carbons (Fsp3) is 0.462. The van der Waals surface area contributed by atoms with Gasteiger partial charge in [0, 0.05) is 18.7 Å². The first-order valence-electron chi connectivity index (χ1n) is 6.20. The number of hydrogen-bond acceptors (Lipinski definition) is 5. The Hall–Kier alpha value is -1.66. The zero-order valence-electron chi connectivity index (χ0n) is 11.5. The normalized spacial score (nSPS) is 10.6. The Labute approximate surface area is 122 Å². The number of methoxy groups -OCH3 is 1. The average molecular weight is 301 g/mol. The number of benzene rings is 1. The van der Waals surface area contributed by atoms with Crippen molar-refractivity contribution in [3.05, 3.63) is 38.9 Å². The number of nitrogens with zero attached hydrogens (tertiary/aromatic N) is 2. The van der Waals surface area contributed by atoms with Crippen molar-refractivity contribution in [3.8, 4) is 0 Å². The first kappa shape index (κ1) is 16.4. The number of carbonyl (C=O) groups excluding carboxylic acids is 1. The van der Waals surface area contributed by atoms with Gasteiger partial charge >= 0.3 is 5.97 Å². The van der Waals surface area contributed by atoms with Crippen LogP contribution >= 0.6 is 11.6 Å². The number of esters is 1. The van der Waals surface area contributed by atoms with E-state index >= 15 is 0 Å². The highest BCUT2D eigenvalue weighted by Gasteiger charge is 2.14. The summed E-state index contributed by atoms with van der Waals surface area (Å²) >= 11 is 6.04. The van der Waals surface area contributed by atoms with Crippen molar-refractivity contribution in [1.29, 1.82) is 0 Å². The zero-order valence-corrected chi connectivity index (χ0v) is 12.2. The summed E-state index contributed by atoms with van der Waals surface area (Å²) in [5, 5.41) is 11.0. The second-order valence-corrected chi connectivity index (χ2v) is 4.73. The molecule has 7 heteroatoms. The molecule has 0 unspecified atom stereocenters. The predicted molar refractivity (Wildman–Crippen MR) is 75.7 cm³/mol. The summed E-state index contributed by atoms with van der Waals surface area (Å²) in [7, 11) is 1.34. The van der Waals surface area contributed by atoms with Crippen LogP contribution in [-0.4, -0.2) is 36.0 Å². The van der Waals surface area contributed by atoms with Gasteiger partial charge in [0.1, 0.15) is 0 Å². The summed E-state index contributed by atoms with van der Waals surface area (Å²) in [4.78, 5) is 23.4. The van der Waals surface area contributed by atoms with E-state index < -0.39 is 4.92 Å². The van der Waals surface area contributed by atoms with E-state index in [4.69, 9.17) is 11.6 Å². The molecule has 1 rings (SSSR count). The zero-order chi connectivity index (χ0) is 15.1. The summed E-state index contributed by atoms with van der Waals surface area (Å²) in [6.45, 7) is 3.32. The van der Waals surface area contributed by atoms with Crippen molar-refractivity contribution < 1.29 is 14.5 Å². The molecule has 0 fully saturated rings. The molecule has 0 heterocycles. The van der Waals surface area contributed by atoms with E-state index in [1.165, 1.54) is 19.2 Å². The molecule has 0 N–H and O–H groups in total. The maximum absolute atomic E-state index is 11.3. The first-order chi connectivity index (χ1) is 9.47. The fourth-order valence-electron chi connectivity index (χ4n) is 1.80. The van der Waals surface area contributed by atoms with Gasteiger partial charge in [-0.15, -0.1) is 0 Å². The number of rotatable bonds is 7. The fourth-order valence-corrected chi connectivity index (χ4v) is 2.03. The van der Waals surface area contributed by atoms with Crippen LogP contribution in [0, 0.1) is 10.1 Å². The third-order valence-electron chi connectivity index (χ3n) is 2.76. The van der Waals surface area contributed by atoms with Gasteiger partial charge in [0.2, 0.25) is 0 Å². The molecule has 1 aromatic rings. The molecule has 0 radical (unpaired) electrons. The van der Waals surface area contributed by atoms with E-state index in [0.29, 0.717) is 18.1 Å². The van der Waals surface area contributed by atoms with Gasteiger partial charge in [-0.1, -0.05) is 18.5 Å². The molecular formula is C13H17ClN2O4. The second kappa shape index (κ2) is 7.81. The predicted octanol–water partition coefficient (Wildman–Crippen LogP) is 2.63. The van der Waals surface area contributed by atoms with Crippen LogP contribution in [0.2, 0.25) is 5.02 Å². The van der Waals surface area contributed by atoms with Crippen molar-refractivity contribution in [2.45, 2.75) is 19.9 Å². The van der Waals surface area contributed by atoms with Crippen LogP contribution in [0.1, 0.15) is 18.9 Å². The van der Waals surface area contributed by atoms with Crippen molar-refractivity contribution >= 4 is 23.3 Å². The van der Waals surface area contributed by atoms with E-state index in [1.807, 2.05) is 11.8 Å². The SMILES string of the molecule is CCCN(CC(=O)OC)Cc1ccc([N+](=O)[O-])cc1Cl. The van der Waals surface area contributed by atoms with Gasteiger partial charge in [-0.2, -0.15) is 0 Å². The number of carbonyl (C=O) groups is 1. The molecule has 0 saturated heterocycles. The highest BCUT2D eigenvalue weighted by molar-refractivity contribution is 6.31. The average Bonchev–Trinajstić information content (AvgIpc) is 2.40. The quantitative estimate of drug-likeness (QED) is 0.440. The molecule has 0 aliphatic rings. The summed E-state index contributed by atoms with van der Waals surface area (Å²) < 4.78 is 4.64. The van der Waals surface area contributed by atoms with Crippen molar-refractivity contribution in [3.63, 3.8) is 0 Å². The Balaban J connectivity index is 2.82. The molecule has 1 aromatic carbocycles. The minimum atomic E-state index is -0.492. The smallest absolute Gasteiger partial charge is 0.319 e. The molecule has 20 heavy (non-hydrogen) atoms. The maximum Gasteiger partial charge on any atom is 0.319 e. The van der Waals surface area contributed by atoms with Crippen molar-refractivity contribution in [1.82, 2.24) is 4.90 Å². The van der Waals surface area contributed by atoms with Crippen LogP contribution in [0.15, 0.2) is 18.2 Å². The Morgan fingerprint density at radius 2 is 2.20 bits per heavy atom. The highest BCUT2D eigenvalue weighted by Crippen LogP contribution is 2.23. The Bertz CT molecular complexity index is 493. The van der Waals surface area contributed by atoms with Gasteiger partial charge in [0.15, 0.2) is 0 Å². The van der Waals surface area contributed by atoms with Crippen LogP contribution in [0.3, 0.4) is 0 Å². The van der Waals surface area contributed by atoms with E-state index in [1.54, 1.807) is 6.07 Å².